The molecule has 0 amide bonds. The van der Waals surface area contributed by atoms with E-state index in [1.165, 1.54) is 5.56 Å². The molecule has 2 aromatic heterocycles. The van der Waals surface area contributed by atoms with E-state index >= 15 is 0 Å². The minimum Gasteiger partial charge on any atom is -0.300 e. The third-order valence-electron chi connectivity index (χ3n) is 4.83. The summed E-state index contributed by atoms with van der Waals surface area (Å²) in [6.45, 7) is 8.11. The predicted octanol–water partition coefficient (Wildman–Crippen LogP) is 6.47. The van der Waals surface area contributed by atoms with Crippen LogP contribution in [-0.4, -0.2) is 25.9 Å². The van der Waals surface area contributed by atoms with Gasteiger partial charge in [-0.3, -0.25) is 14.9 Å². The van der Waals surface area contributed by atoms with Crippen molar-refractivity contribution in [1.82, 2.24) is 20.2 Å². The molecule has 0 aliphatic carbocycles. The number of H-pyrrole nitrogens is 1. The second kappa shape index (κ2) is 12.2. The monoisotopic (exact) mass is 426 g/mol. The summed E-state index contributed by atoms with van der Waals surface area (Å²) in [5, 5.41) is 7.61. The van der Waals surface area contributed by atoms with E-state index in [9.17, 15) is 4.79 Å². The molecule has 0 saturated carbocycles. The van der Waals surface area contributed by atoms with Crippen LogP contribution < -0.4 is 0 Å². The summed E-state index contributed by atoms with van der Waals surface area (Å²) in [6, 6.07) is 9.89. The van der Waals surface area contributed by atoms with Crippen molar-refractivity contribution in [2.24, 2.45) is 0 Å². The highest BCUT2D eigenvalue weighted by Crippen LogP contribution is 2.28. The van der Waals surface area contributed by atoms with Gasteiger partial charge in [-0.1, -0.05) is 44.0 Å². The van der Waals surface area contributed by atoms with Crippen LogP contribution in [0, 0.1) is 13.8 Å². The Kier molecular flexibility index (Phi) is 9.68. The lowest BCUT2D eigenvalue weighted by Gasteiger charge is -2.17. The number of benzene rings is 1. The van der Waals surface area contributed by atoms with Gasteiger partial charge in [0.05, 0.1) is 0 Å². The Morgan fingerprint density at radius 1 is 1.10 bits per heavy atom. The van der Waals surface area contributed by atoms with Crippen molar-refractivity contribution in [2.75, 3.05) is 0 Å². The highest BCUT2D eigenvalue weighted by Gasteiger charge is 2.15. The maximum atomic E-state index is 11.8. The van der Waals surface area contributed by atoms with E-state index in [1.54, 1.807) is 12.4 Å². The summed E-state index contributed by atoms with van der Waals surface area (Å²) in [4.78, 5) is 19.9. The molecule has 5 nitrogen and oxygen atoms in total. The zero-order valence-electron chi connectivity index (χ0n) is 18.3. The van der Waals surface area contributed by atoms with Crippen molar-refractivity contribution < 1.29 is 4.79 Å². The number of hydrogen-bond acceptors (Lipinski definition) is 4. The van der Waals surface area contributed by atoms with Crippen LogP contribution in [0.3, 0.4) is 0 Å². The fourth-order valence-electron chi connectivity index (χ4n) is 3.29. The van der Waals surface area contributed by atoms with Crippen molar-refractivity contribution >= 4 is 17.4 Å². The Morgan fingerprint density at radius 3 is 2.40 bits per heavy atom. The van der Waals surface area contributed by atoms with Gasteiger partial charge in [0.25, 0.3) is 0 Å². The Labute approximate surface area is 184 Å². The zero-order valence-corrected chi connectivity index (χ0v) is 19.0. The molecule has 1 aromatic carbocycles. The van der Waals surface area contributed by atoms with Gasteiger partial charge in [0.2, 0.25) is 0 Å². The van der Waals surface area contributed by atoms with Gasteiger partial charge in [0, 0.05) is 35.8 Å². The summed E-state index contributed by atoms with van der Waals surface area (Å²) >= 11 is 6.05. The third-order valence-corrected chi connectivity index (χ3v) is 5.25. The Morgan fingerprint density at radius 2 is 1.83 bits per heavy atom. The average Bonchev–Trinajstić information content (AvgIpc) is 3.17. The normalized spacial score (nSPS) is 11.5. The number of hydrogen-bond donors (Lipinski definition) is 1. The second-order valence-corrected chi connectivity index (χ2v) is 7.87. The quantitative estimate of drug-likeness (QED) is 0.448. The van der Waals surface area contributed by atoms with Crippen LogP contribution in [0.4, 0.5) is 0 Å². The number of ketones is 1. The lowest BCUT2D eigenvalue weighted by Crippen LogP contribution is -2.07. The molecule has 1 N–H and O–H groups in total. The first-order chi connectivity index (χ1) is 14.4. The predicted molar refractivity (Wildman–Crippen MR) is 123 cm³/mol. The van der Waals surface area contributed by atoms with Gasteiger partial charge < -0.3 is 0 Å². The van der Waals surface area contributed by atoms with E-state index < -0.39 is 0 Å². The highest BCUT2D eigenvalue weighted by molar-refractivity contribution is 6.31. The molecule has 30 heavy (non-hydrogen) atoms. The van der Waals surface area contributed by atoms with E-state index in [-0.39, 0.29) is 0 Å². The van der Waals surface area contributed by atoms with E-state index in [0.29, 0.717) is 24.5 Å². The van der Waals surface area contributed by atoms with Gasteiger partial charge in [0.1, 0.15) is 11.6 Å². The number of pyridine rings is 1. The van der Waals surface area contributed by atoms with Gasteiger partial charge in [-0.25, -0.2) is 4.98 Å². The minimum absolute atomic E-state index is 0.352. The lowest BCUT2D eigenvalue weighted by molar-refractivity contribution is -0.119. The van der Waals surface area contributed by atoms with Crippen molar-refractivity contribution in [3.05, 3.63) is 64.7 Å². The van der Waals surface area contributed by atoms with Crippen LogP contribution in [-0.2, 0) is 4.79 Å². The van der Waals surface area contributed by atoms with Gasteiger partial charge in [-0.2, -0.15) is 5.10 Å². The molecule has 0 aliphatic rings. The fourth-order valence-corrected chi connectivity index (χ4v) is 3.40. The van der Waals surface area contributed by atoms with Crippen molar-refractivity contribution in [3.8, 4) is 11.4 Å². The van der Waals surface area contributed by atoms with E-state index in [0.717, 1.165) is 47.1 Å². The Balaban J connectivity index is 0.000000230. The smallest absolute Gasteiger partial charge is 0.181 e. The first kappa shape index (κ1) is 23.7. The molecule has 1 atom stereocenters. The molecule has 0 spiro atoms. The van der Waals surface area contributed by atoms with Gasteiger partial charge >= 0.3 is 0 Å². The minimum atomic E-state index is 0.352. The van der Waals surface area contributed by atoms with Crippen LogP contribution in [0.5, 0.6) is 0 Å². The number of aryl methyl sites for hydroxylation is 2. The molecule has 3 aromatic rings. The summed E-state index contributed by atoms with van der Waals surface area (Å²) < 4.78 is 0. The molecular formula is C24H31ClN4O. The number of rotatable bonds is 8. The van der Waals surface area contributed by atoms with Crippen molar-refractivity contribution in [3.63, 3.8) is 0 Å². The summed E-state index contributed by atoms with van der Waals surface area (Å²) in [6.07, 6.45) is 7.93. The number of halogens is 1. The van der Waals surface area contributed by atoms with Gasteiger partial charge in [-0.15, -0.1) is 0 Å². The first-order valence-corrected chi connectivity index (χ1v) is 10.9. The number of carbonyl (C=O) groups excluding carboxylic acids is 1. The van der Waals surface area contributed by atoms with Crippen LogP contribution >= 0.6 is 11.6 Å². The molecule has 0 saturated heterocycles. The fraction of sp³-hybridized carbons (Fsp3) is 0.417. The molecule has 160 valence electrons. The number of Topliss-reactive ketones (excluding diaryl/α,β-unsaturated/α-hetero) is 1. The van der Waals surface area contributed by atoms with Crippen molar-refractivity contribution in [1.29, 1.82) is 0 Å². The highest BCUT2D eigenvalue weighted by atomic mass is 35.5. The topological polar surface area (TPSA) is 71.5 Å². The molecule has 0 aliphatic heterocycles. The summed E-state index contributed by atoms with van der Waals surface area (Å²) in [5.41, 5.74) is 3.33. The average molecular weight is 427 g/mol. The molecule has 0 fully saturated rings. The summed E-state index contributed by atoms with van der Waals surface area (Å²) in [7, 11) is 0. The molecule has 6 heteroatoms. The van der Waals surface area contributed by atoms with E-state index in [4.69, 9.17) is 11.6 Å². The number of nitrogens with zero attached hydrogens (tertiary/aromatic N) is 3. The van der Waals surface area contributed by atoms with Crippen LogP contribution in [0.1, 0.15) is 68.8 Å². The Bertz CT molecular complexity index is 924. The SMILES string of the molecule is CCCC(=O)CC(CCC)c1ccc(Cl)c(C)c1.Cc1nc(-c2ccncc2)n[nH]1. The van der Waals surface area contributed by atoms with E-state index in [2.05, 4.69) is 46.1 Å². The number of nitrogens with one attached hydrogen (secondary N) is 1. The standard InChI is InChI=1S/C16H23ClO.C8H8N4/c1-4-6-13(11-15(18)7-5-2)14-8-9-16(17)12(3)10-14;1-6-10-8(12-11-6)7-2-4-9-5-3-7/h8-10,13H,4-7,11H2,1-3H3;2-5H,1H3,(H,10,11,12). The molecule has 0 bridgehead atoms. The summed E-state index contributed by atoms with van der Waals surface area (Å²) in [5.74, 6) is 2.27. The molecule has 1 unspecified atom stereocenters. The Hall–Kier alpha value is -2.53. The molecular weight excluding hydrogens is 396 g/mol. The first-order valence-electron chi connectivity index (χ1n) is 10.5. The van der Waals surface area contributed by atoms with Crippen LogP contribution in [0.25, 0.3) is 11.4 Å². The largest absolute Gasteiger partial charge is 0.300 e. The van der Waals surface area contributed by atoms with Gasteiger partial charge in [0.15, 0.2) is 5.82 Å². The second-order valence-electron chi connectivity index (χ2n) is 7.47. The number of carbonyl (C=O) groups is 1. The maximum absolute atomic E-state index is 11.8. The number of aromatic amines is 1. The molecule has 0 radical (unpaired) electrons. The lowest BCUT2D eigenvalue weighted by atomic mass is 9.88. The molecule has 2 heterocycles. The van der Waals surface area contributed by atoms with Crippen molar-refractivity contribution in [2.45, 2.75) is 65.7 Å². The van der Waals surface area contributed by atoms with E-state index in [1.807, 2.05) is 32.0 Å². The van der Waals surface area contributed by atoms with Gasteiger partial charge in [-0.05, 0) is 61.9 Å². The van der Waals surface area contributed by atoms with Crippen LogP contribution in [0.2, 0.25) is 5.02 Å². The number of aromatic nitrogens is 4. The zero-order chi connectivity index (χ0) is 21.9. The maximum Gasteiger partial charge on any atom is 0.181 e. The molecule has 3 rings (SSSR count). The van der Waals surface area contributed by atoms with Crippen LogP contribution in [0.15, 0.2) is 42.7 Å². The third kappa shape index (κ3) is 7.38.